The maximum absolute atomic E-state index is 13.1. The average molecular weight is 246 g/mol. The van der Waals surface area contributed by atoms with Crippen LogP contribution < -0.4 is 4.74 Å². The van der Waals surface area contributed by atoms with Crippen LogP contribution in [0.3, 0.4) is 0 Å². The summed E-state index contributed by atoms with van der Waals surface area (Å²) in [6.07, 6.45) is 1.61. The van der Waals surface area contributed by atoms with Gasteiger partial charge in [-0.1, -0.05) is 0 Å². The summed E-state index contributed by atoms with van der Waals surface area (Å²) in [4.78, 5) is 10.6. The summed E-state index contributed by atoms with van der Waals surface area (Å²) in [6.45, 7) is 1.64. The van der Waals surface area contributed by atoms with E-state index in [1.807, 2.05) is 0 Å². The van der Waals surface area contributed by atoms with Crippen molar-refractivity contribution >= 4 is 5.78 Å². The summed E-state index contributed by atoms with van der Waals surface area (Å²) in [5.74, 6) is -4.34. The molecule has 0 heterocycles. The summed E-state index contributed by atoms with van der Waals surface area (Å²) >= 11 is 0. The van der Waals surface area contributed by atoms with Gasteiger partial charge in [0, 0.05) is 6.42 Å². The number of rotatable bonds is 6. The van der Waals surface area contributed by atoms with Crippen molar-refractivity contribution in [2.24, 2.45) is 0 Å². The maximum atomic E-state index is 13.1. The smallest absolute Gasteiger partial charge is 0.203 e. The van der Waals surface area contributed by atoms with Crippen molar-refractivity contribution in [1.82, 2.24) is 0 Å². The fourth-order valence-corrected chi connectivity index (χ4v) is 1.28. The quantitative estimate of drug-likeness (QED) is 0.569. The molecule has 0 amide bonds. The topological polar surface area (TPSA) is 26.3 Å². The number of hydrogen-bond acceptors (Lipinski definition) is 2. The third kappa shape index (κ3) is 4.09. The van der Waals surface area contributed by atoms with Crippen LogP contribution in [0.2, 0.25) is 0 Å². The van der Waals surface area contributed by atoms with E-state index in [2.05, 4.69) is 0 Å². The fourth-order valence-electron chi connectivity index (χ4n) is 1.28. The van der Waals surface area contributed by atoms with Gasteiger partial charge in [-0.25, -0.2) is 8.78 Å². The van der Waals surface area contributed by atoms with Crippen LogP contribution in [0.4, 0.5) is 13.2 Å². The Balaban J connectivity index is 2.42. The number of unbranched alkanes of at least 4 members (excludes halogenated alkanes) is 1. The van der Waals surface area contributed by atoms with E-state index in [-0.39, 0.29) is 18.1 Å². The Kier molecular flexibility index (Phi) is 5.00. The zero-order chi connectivity index (χ0) is 12.8. The fraction of sp³-hybridized carbons (Fsp3) is 0.417. The lowest BCUT2D eigenvalue weighted by Gasteiger charge is -2.07. The van der Waals surface area contributed by atoms with Crippen molar-refractivity contribution in [1.29, 1.82) is 0 Å². The number of benzene rings is 1. The zero-order valence-corrected chi connectivity index (χ0v) is 9.43. The van der Waals surface area contributed by atoms with Crippen molar-refractivity contribution < 1.29 is 22.7 Å². The number of carbonyl (C=O) groups is 1. The van der Waals surface area contributed by atoms with E-state index in [9.17, 15) is 18.0 Å². The second-order valence-corrected chi connectivity index (χ2v) is 3.68. The second-order valence-electron chi connectivity index (χ2n) is 3.68. The molecule has 5 heteroatoms. The molecule has 0 radical (unpaired) electrons. The minimum absolute atomic E-state index is 0.0732. The molecule has 0 aromatic heterocycles. The number of carbonyl (C=O) groups excluding carboxylic acids is 1. The highest BCUT2D eigenvalue weighted by Gasteiger charge is 2.13. The predicted octanol–water partition coefficient (Wildman–Crippen LogP) is 3.24. The van der Waals surface area contributed by atoms with E-state index in [1.54, 1.807) is 0 Å². The average Bonchev–Trinajstić information content (AvgIpc) is 2.28. The van der Waals surface area contributed by atoms with Gasteiger partial charge in [0.2, 0.25) is 5.82 Å². The molecule has 0 aliphatic carbocycles. The molecule has 1 aromatic rings. The van der Waals surface area contributed by atoms with E-state index >= 15 is 0 Å². The van der Waals surface area contributed by atoms with E-state index in [0.29, 0.717) is 19.3 Å². The molecule has 0 N–H and O–H groups in total. The van der Waals surface area contributed by atoms with Gasteiger partial charge < -0.3 is 9.53 Å². The first-order valence-corrected chi connectivity index (χ1v) is 5.28. The van der Waals surface area contributed by atoms with Crippen molar-refractivity contribution in [3.05, 3.63) is 29.6 Å². The molecule has 0 fully saturated rings. The van der Waals surface area contributed by atoms with Crippen LogP contribution >= 0.6 is 0 Å². The molecular formula is C12H13F3O2. The third-order valence-electron chi connectivity index (χ3n) is 2.18. The van der Waals surface area contributed by atoms with Gasteiger partial charge in [-0.05, 0) is 31.9 Å². The summed E-state index contributed by atoms with van der Waals surface area (Å²) in [6, 6.07) is 1.85. The van der Waals surface area contributed by atoms with Crippen LogP contribution in [0.15, 0.2) is 12.1 Å². The lowest BCUT2D eigenvalue weighted by atomic mass is 10.2. The van der Waals surface area contributed by atoms with E-state index < -0.39 is 17.5 Å². The molecular weight excluding hydrogens is 233 g/mol. The van der Waals surface area contributed by atoms with Gasteiger partial charge in [0.05, 0.1) is 6.61 Å². The molecule has 0 spiro atoms. The van der Waals surface area contributed by atoms with Gasteiger partial charge in [0.15, 0.2) is 17.4 Å². The third-order valence-corrected chi connectivity index (χ3v) is 2.18. The van der Waals surface area contributed by atoms with E-state index in [0.717, 1.165) is 12.1 Å². The summed E-state index contributed by atoms with van der Waals surface area (Å²) in [5.41, 5.74) is 0. The molecule has 0 aliphatic heterocycles. The van der Waals surface area contributed by atoms with Crippen LogP contribution in [0.1, 0.15) is 26.2 Å². The number of hydrogen-bond donors (Lipinski definition) is 0. The monoisotopic (exact) mass is 246 g/mol. The summed E-state index contributed by atoms with van der Waals surface area (Å²) < 4.78 is 43.4. The lowest BCUT2D eigenvalue weighted by molar-refractivity contribution is -0.117. The van der Waals surface area contributed by atoms with E-state index in [4.69, 9.17) is 4.74 Å². The predicted molar refractivity (Wildman–Crippen MR) is 56.3 cm³/mol. The van der Waals surface area contributed by atoms with Gasteiger partial charge >= 0.3 is 0 Å². The number of halogens is 3. The highest BCUT2D eigenvalue weighted by atomic mass is 19.2. The molecule has 0 unspecified atom stereocenters. The van der Waals surface area contributed by atoms with Gasteiger partial charge in [-0.15, -0.1) is 0 Å². The molecule has 2 nitrogen and oxygen atoms in total. The zero-order valence-electron chi connectivity index (χ0n) is 9.43. The number of Topliss-reactive ketones (excluding diaryl/α,β-unsaturated/α-hetero) is 1. The number of ether oxygens (including phenoxy) is 1. The SMILES string of the molecule is CC(=O)CCCCOc1ccc(F)c(F)c1F. The maximum Gasteiger partial charge on any atom is 0.203 e. The normalized spacial score (nSPS) is 10.4. The highest BCUT2D eigenvalue weighted by molar-refractivity contribution is 5.75. The first-order chi connectivity index (χ1) is 8.02. The highest BCUT2D eigenvalue weighted by Crippen LogP contribution is 2.21. The Bertz CT molecular complexity index is 405. The molecule has 0 saturated carbocycles. The van der Waals surface area contributed by atoms with Crippen LogP contribution in [0.5, 0.6) is 5.75 Å². The Labute approximate surface area is 97.4 Å². The number of ketones is 1. The molecule has 0 aliphatic rings. The Morgan fingerprint density at radius 2 is 1.88 bits per heavy atom. The van der Waals surface area contributed by atoms with Crippen molar-refractivity contribution in [2.75, 3.05) is 6.61 Å². The van der Waals surface area contributed by atoms with Crippen LogP contribution in [0, 0.1) is 17.5 Å². The van der Waals surface area contributed by atoms with Crippen molar-refractivity contribution in [3.63, 3.8) is 0 Å². The molecule has 94 valence electrons. The molecule has 1 rings (SSSR count). The minimum atomic E-state index is -1.54. The summed E-state index contributed by atoms with van der Waals surface area (Å²) in [5, 5.41) is 0. The van der Waals surface area contributed by atoms with Gasteiger partial charge in [0.1, 0.15) is 5.78 Å². The molecule has 0 bridgehead atoms. The minimum Gasteiger partial charge on any atom is -0.490 e. The molecule has 1 aromatic carbocycles. The van der Waals surface area contributed by atoms with Crippen LogP contribution in [-0.2, 0) is 4.79 Å². The Hall–Kier alpha value is -1.52. The van der Waals surface area contributed by atoms with Crippen LogP contribution in [0.25, 0.3) is 0 Å². The van der Waals surface area contributed by atoms with E-state index in [1.165, 1.54) is 6.92 Å². The van der Waals surface area contributed by atoms with Gasteiger partial charge in [-0.3, -0.25) is 0 Å². The van der Waals surface area contributed by atoms with Gasteiger partial charge in [0.25, 0.3) is 0 Å². The molecule has 0 saturated heterocycles. The largest absolute Gasteiger partial charge is 0.490 e. The first-order valence-electron chi connectivity index (χ1n) is 5.28. The molecule has 0 atom stereocenters. The second kappa shape index (κ2) is 6.27. The molecule has 17 heavy (non-hydrogen) atoms. The Morgan fingerprint density at radius 3 is 2.53 bits per heavy atom. The van der Waals surface area contributed by atoms with Crippen molar-refractivity contribution in [2.45, 2.75) is 26.2 Å². The van der Waals surface area contributed by atoms with Gasteiger partial charge in [-0.2, -0.15) is 4.39 Å². The standard InChI is InChI=1S/C12H13F3O2/c1-8(16)4-2-3-7-17-10-6-5-9(13)11(14)12(10)15/h5-6H,2-4,7H2,1H3. The Morgan fingerprint density at radius 1 is 1.18 bits per heavy atom. The summed E-state index contributed by atoms with van der Waals surface area (Å²) in [7, 11) is 0. The van der Waals surface area contributed by atoms with Crippen molar-refractivity contribution in [3.8, 4) is 5.75 Å². The lowest BCUT2D eigenvalue weighted by Crippen LogP contribution is -2.02. The first kappa shape index (κ1) is 13.5. The van der Waals surface area contributed by atoms with Crippen LogP contribution in [-0.4, -0.2) is 12.4 Å².